The van der Waals surface area contributed by atoms with Crippen LogP contribution < -0.4 is 0 Å². The molecular formula is C11H10ClNO2. The monoisotopic (exact) mass is 223 g/mol. The molecule has 0 amide bonds. The fourth-order valence-electron chi connectivity index (χ4n) is 1.59. The number of aromatic nitrogens is 1. The zero-order valence-electron chi connectivity index (χ0n) is 8.16. The van der Waals surface area contributed by atoms with Crippen LogP contribution in [0.25, 0.3) is 10.9 Å². The molecule has 0 aliphatic rings. The lowest BCUT2D eigenvalue weighted by Crippen LogP contribution is -2.16. The van der Waals surface area contributed by atoms with Crippen molar-refractivity contribution in [1.29, 1.82) is 0 Å². The first-order valence-electron chi connectivity index (χ1n) is 4.52. The summed E-state index contributed by atoms with van der Waals surface area (Å²) in [6.45, 7) is 1.99. The van der Waals surface area contributed by atoms with Gasteiger partial charge in [0.05, 0.1) is 0 Å². The molecule has 0 aliphatic carbocycles. The summed E-state index contributed by atoms with van der Waals surface area (Å²) in [5.41, 5.74) is 1.72. The maximum absolute atomic E-state index is 10.3. The number of rotatable bonds is 3. The Morgan fingerprint density at radius 1 is 1.47 bits per heavy atom. The first kappa shape index (κ1) is 10.1. The molecule has 3 nitrogen and oxygen atoms in total. The largest absolute Gasteiger partial charge is 0.441 e. The summed E-state index contributed by atoms with van der Waals surface area (Å²) >= 11 is 6.11. The Morgan fingerprint density at radius 2 is 2.20 bits per heavy atom. The summed E-state index contributed by atoms with van der Waals surface area (Å²) in [5.74, 6) is 0. The minimum Gasteiger partial charge on any atom is -0.441 e. The van der Waals surface area contributed by atoms with Gasteiger partial charge in [-0.2, -0.15) is 0 Å². The molecular weight excluding hydrogens is 214 g/mol. The number of carbonyl (C=O) groups is 1. The molecule has 1 N–H and O–H groups in total. The van der Waals surface area contributed by atoms with Crippen molar-refractivity contribution in [3.63, 3.8) is 0 Å². The van der Waals surface area contributed by atoms with Crippen molar-refractivity contribution in [2.24, 2.45) is 0 Å². The number of fused-ring (bicyclic) bond motifs is 1. The highest BCUT2D eigenvalue weighted by molar-refractivity contribution is 6.24. The number of halogens is 1. The van der Waals surface area contributed by atoms with Crippen LogP contribution in [0.5, 0.6) is 0 Å². The van der Waals surface area contributed by atoms with Crippen molar-refractivity contribution in [2.75, 3.05) is 0 Å². The van der Waals surface area contributed by atoms with Gasteiger partial charge in [-0.05, 0) is 13.0 Å². The number of alkyl halides is 1. The molecule has 0 fully saturated rings. The average Bonchev–Trinajstić information content (AvgIpc) is 2.61. The average molecular weight is 224 g/mol. The van der Waals surface area contributed by atoms with Gasteiger partial charge in [0.1, 0.15) is 0 Å². The van der Waals surface area contributed by atoms with Gasteiger partial charge in [-0.1, -0.05) is 29.8 Å². The second-order valence-electron chi connectivity index (χ2n) is 3.38. The molecule has 0 bridgehead atoms. The molecule has 2 aromatic rings. The number of carbonyl (C=O) groups excluding carboxylic acids is 1. The predicted molar refractivity (Wildman–Crippen MR) is 58.7 cm³/mol. The van der Waals surface area contributed by atoms with Crippen LogP contribution in [0.4, 0.5) is 0 Å². The standard InChI is InChI=1S/C11H10ClNO2/c1-11(12,15-7-14)9-6-13-10-5-3-2-4-8(9)10/h2-7,13H,1H3. The molecule has 1 unspecified atom stereocenters. The number of hydrogen-bond donors (Lipinski definition) is 1. The van der Waals surface area contributed by atoms with Gasteiger partial charge in [0.15, 0.2) is 0 Å². The van der Waals surface area contributed by atoms with E-state index in [0.717, 1.165) is 16.5 Å². The van der Waals surface area contributed by atoms with Gasteiger partial charge in [0, 0.05) is 22.7 Å². The normalized spacial score (nSPS) is 14.8. The minimum atomic E-state index is -1.12. The number of para-hydroxylation sites is 1. The second-order valence-corrected chi connectivity index (χ2v) is 4.10. The minimum absolute atomic E-state index is 0.356. The third-order valence-electron chi connectivity index (χ3n) is 2.34. The molecule has 15 heavy (non-hydrogen) atoms. The van der Waals surface area contributed by atoms with E-state index in [1.165, 1.54) is 0 Å². The highest BCUT2D eigenvalue weighted by Gasteiger charge is 2.27. The first-order valence-corrected chi connectivity index (χ1v) is 4.90. The number of hydrogen-bond acceptors (Lipinski definition) is 2. The maximum Gasteiger partial charge on any atom is 0.295 e. The molecule has 0 saturated heterocycles. The van der Waals surface area contributed by atoms with Crippen LogP contribution in [0, 0.1) is 0 Å². The van der Waals surface area contributed by atoms with Crippen LogP contribution in [0.1, 0.15) is 12.5 Å². The SMILES string of the molecule is CC(Cl)(OC=O)c1c[nH]c2ccccc12. The summed E-state index contributed by atoms with van der Waals surface area (Å²) in [6.07, 6.45) is 1.75. The molecule has 0 radical (unpaired) electrons. The van der Waals surface area contributed by atoms with Crippen molar-refractivity contribution >= 4 is 29.0 Å². The molecule has 1 atom stereocenters. The molecule has 0 saturated carbocycles. The topological polar surface area (TPSA) is 42.1 Å². The van der Waals surface area contributed by atoms with Crippen LogP contribution >= 0.6 is 11.6 Å². The van der Waals surface area contributed by atoms with Gasteiger partial charge < -0.3 is 9.72 Å². The Labute approximate surface area is 92.0 Å². The van der Waals surface area contributed by atoms with Crippen LogP contribution in [-0.4, -0.2) is 11.5 Å². The summed E-state index contributed by atoms with van der Waals surface area (Å²) < 4.78 is 4.85. The van der Waals surface area contributed by atoms with Gasteiger partial charge in [0.2, 0.25) is 5.06 Å². The number of H-pyrrole nitrogens is 1. The Hall–Kier alpha value is -1.48. The lowest BCUT2D eigenvalue weighted by molar-refractivity contribution is -0.135. The zero-order chi connectivity index (χ0) is 10.9. The Bertz CT molecular complexity index is 490. The van der Waals surface area contributed by atoms with E-state index in [4.69, 9.17) is 16.3 Å². The molecule has 0 spiro atoms. The zero-order valence-corrected chi connectivity index (χ0v) is 8.91. The van der Waals surface area contributed by atoms with E-state index in [1.807, 2.05) is 24.3 Å². The summed E-state index contributed by atoms with van der Waals surface area (Å²) in [6, 6.07) is 7.70. The van der Waals surface area contributed by atoms with Crippen LogP contribution in [-0.2, 0) is 14.6 Å². The van der Waals surface area contributed by atoms with Crippen molar-refractivity contribution in [2.45, 2.75) is 12.0 Å². The smallest absolute Gasteiger partial charge is 0.295 e. The quantitative estimate of drug-likeness (QED) is 0.642. The van der Waals surface area contributed by atoms with Gasteiger partial charge in [-0.25, -0.2) is 0 Å². The van der Waals surface area contributed by atoms with Crippen LogP contribution in [0.3, 0.4) is 0 Å². The van der Waals surface area contributed by atoms with E-state index < -0.39 is 5.06 Å². The third kappa shape index (κ3) is 1.70. The lowest BCUT2D eigenvalue weighted by atomic mass is 10.1. The molecule has 1 aromatic carbocycles. The Balaban J connectivity index is 2.56. The van der Waals surface area contributed by atoms with Crippen LogP contribution in [0.15, 0.2) is 30.5 Å². The van der Waals surface area contributed by atoms with Gasteiger partial charge in [-0.3, -0.25) is 4.79 Å². The molecule has 1 heterocycles. The Kier molecular flexibility index (Phi) is 2.40. The number of nitrogens with one attached hydrogen (secondary N) is 1. The molecule has 2 rings (SSSR count). The van der Waals surface area contributed by atoms with Gasteiger partial charge >= 0.3 is 0 Å². The fourth-order valence-corrected chi connectivity index (χ4v) is 1.79. The van der Waals surface area contributed by atoms with Crippen molar-refractivity contribution in [3.8, 4) is 0 Å². The first-order chi connectivity index (χ1) is 7.15. The number of aromatic amines is 1. The van der Waals surface area contributed by atoms with Gasteiger partial charge in [-0.15, -0.1) is 0 Å². The summed E-state index contributed by atoms with van der Waals surface area (Å²) in [5, 5.41) is -0.168. The number of ether oxygens (including phenoxy) is 1. The van der Waals surface area contributed by atoms with Gasteiger partial charge in [0.25, 0.3) is 6.47 Å². The predicted octanol–water partition coefficient (Wildman–Crippen LogP) is 2.75. The van der Waals surface area contributed by atoms with E-state index in [2.05, 4.69) is 4.98 Å². The fraction of sp³-hybridized carbons (Fsp3) is 0.182. The molecule has 1 aromatic heterocycles. The number of benzene rings is 1. The van der Waals surface area contributed by atoms with Crippen molar-refractivity contribution in [3.05, 3.63) is 36.0 Å². The molecule has 0 aliphatic heterocycles. The Morgan fingerprint density at radius 3 is 2.93 bits per heavy atom. The summed E-state index contributed by atoms with van der Waals surface area (Å²) in [4.78, 5) is 13.4. The maximum atomic E-state index is 10.3. The van der Waals surface area contributed by atoms with E-state index in [0.29, 0.717) is 6.47 Å². The highest BCUT2D eigenvalue weighted by Crippen LogP contribution is 2.34. The van der Waals surface area contributed by atoms with E-state index in [-0.39, 0.29) is 0 Å². The second kappa shape index (κ2) is 3.59. The van der Waals surface area contributed by atoms with Crippen molar-refractivity contribution in [1.82, 2.24) is 4.98 Å². The molecule has 4 heteroatoms. The molecule has 78 valence electrons. The van der Waals surface area contributed by atoms with E-state index in [1.54, 1.807) is 13.1 Å². The third-order valence-corrected chi connectivity index (χ3v) is 2.63. The van der Waals surface area contributed by atoms with Crippen LogP contribution in [0.2, 0.25) is 0 Å². The van der Waals surface area contributed by atoms with E-state index in [9.17, 15) is 4.79 Å². The summed E-state index contributed by atoms with van der Waals surface area (Å²) in [7, 11) is 0. The van der Waals surface area contributed by atoms with E-state index >= 15 is 0 Å². The van der Waals surface area contributed by atoms with Crippen molar-refractivity contribution < 1.29 is 9.53 Å². The highest BCUT2D eigenvalue weighted by atomic mass is 35.5. The lowest BCUT2D eigenvalue weighted by Gasteiger charge is -2.18.